The van der Waals surface area contributed by atoms with Gasteiger partial charge in [0.25, 0.3) is 0 Å². The summed E-state index contributed by atoms with van der Waals surface area (Å²) in [6.07, 6.45) is 5.00. The first-order valence-electron chi connectivity index (χ1n) is 6.93. The molecule has 0 radical (unpaired) electrons. The Morgan fingerprint density at radius 3 is 2.68 bits per heavy atom. The number of guanidine groups is 1. The number of nitrogens with one attached hydrogen (secondary N) is 2. The van der Waals surface area contributed by atoms with Crippen LogP contribution in [0.1, 0.15) is 44.3 Å². The summed E-state index contributed by atoms with van der Waals surface area (Å²) in [5, 5.41) is 10.4. The standard InChI is InChI=1S/C13H23N5O/c1-9-4-6-11(7-5-9)17-13(14-3)15-8-12-16-10(2)18-19-12/h9,11H,4-8H2,1-3H3,(H2,14,15,17). The summed E-state index contributed by atoms with van der Waals surface area (Å²) in [4.78, 5) is 8.38. The van der Waals surface area contributed by atoms with Gasteiger partial charge < -0.3 is 15.2 Å². The Kier molecular flexibility index (Phi) is 4.76. The Hall–Kier alpha value is -1.59. The van der Waals surface area contributed by atoms with Crippen LogP contribution in [0.15, 0.2) is 9.52 Å². The van der Waals surface area contributed by atoms with E-state index in [9.17, 15) is 0 Å². The molecule has 1 fully saturated rings. The number of nitrogens with zero attached hydrogens (tertiary/aromatic N) is 3. The summed E-state index contributed by atoms with van der Waals surface area (Å²) < 4.78 is 5.06. The molecular weight excluding hydrogens is 242 g/mol. The van der Waals surface area contributed by atoms with Crippen LogP contribution in [0.25, 0.3) is 0 Å². The van der Waals surface area contributed by atoms with Crippen LogP contribution in [0, 0.1) is 12.8 Å². The van der Waals surface area contributed by atoms with Gasteiger partial charge in [0, 0.05) is 13.1 Å². The molecule has 1 saturated carbocycles. The van der Waals surface area contributed by atoms with E-state index >= 15 is 0 Å². The van der Waals surface area contributed by atoms with Gasteiger partial charge in [0.2, 0.25) is 5.89 Å². The Bertz CT molecular complexity index is 420. The second-order valence-corrected chi connectivity index (χ2v) is 5.26. The van der Waals surface area contributed by atoms with E-state index < -0.39 is 0 Å². The van der Waals surface area contributed by atoms with Gasteiger partial charge in [0.05, 0.1) is 6.54 Å². The third-order valence-corrected chi connectivity index (χ3v) is 3.56. The van der Waals surface area contributed by atoms with Crippen LogP contribution >= 0.6 is 0 Å². The third kappa shape index (κ3) is 4.22. The molecule has 1 heterocycles. The molecule has 0 saturated heterocycles. The maximum atomic E-state index is 5.06. The highest BCUT2D eigenvalue weighted by molar-refractivity contribution is 5.79. The maximum Gasteiger partial charge on any atom is 0.246 e. The zero-order chi connectivity index (χ0) is 13.7. The van der Waals surface area contributed by atoms with Crippen LogP contribution in [-0.4, -0.2) is 29.2 Å². The van der Waals surface area contributed by atoms with Gasteiger partial charge in [-0.2, -0.15) is 4.98 Å². The molecule has 1 aromatic rings. The molecule has 0 atom stereocenters. The summed E-state index contributed by atoms with van der Waals surface area (Å²) in [5.74, 6) is 2.89. The monoisotopic (exact) mass is 265 g/mol. The molecule has 19 heavy (non-hydrogen) atoms. The summed E-state index contributed by atoms with van der Waals surface area (Å²) in [5.41, 5.74) is 0. The van der Waals surface area contributed by atoms with Gasteiger partial charge in [-0.25, -0.2) is 0 Å². The predicted octanol–water partition coefficient (Wildman–Crippen LogP) is 1.62. The number of aromatic nitrogens is 2. The number of rotatable bonds is 3. The number of aryl methyl sites for hydroxylation is 1. The maximum absolute atomic E-state index is 5.06. The molecular formula is C13H23N5O. The van der Waals surface area contributed by atoms with Gasteiger partial charge in [-0.15, -0.1) is 0 Å². The Labute approximate surface area is 114 Å². The van der Waals surface area contributed by atoms with Crippen LogP contribution in [0.4, 0.5) is 0 Å². The fourth-order valence-electron chi connectivity index (χ4n) is 2.36. The molecule has 0 amide bonds. The fourth-order valence-corrected chi connectivity index (χ4v) is 2.36. The Balaban J connectivity index is 1.77. The summed E-state index contributed by atoms with van der Waals surface area (Å²) in [6.45, 7) is 4.63. The predicted molar refractivity (Wildman–Crippen MR) is 73.8 cm³/mol. The Morgan fingerprint density at radius 1 is 1.37 bits per heavy atom. The summed E-state index contributed by atoms with van der Waals surface area (Å²) >= 11 is 0. The lowest BCUT2D eigenvalue weighted by Crippen LogP contribution is -2.44. The molecule has 1 aromatic heterocycles. The molecule has 0 unspecified atom stereocenters. The van der Waals surface area contributed by atoms with Gasteiger partial charge in [0.15, 0.2) is 11.8 Å². The highest BCUT2D eigenvalue weighted by Gasteiger charge is 2.18. The average Bonchev–Trinajstić information content (AvgIpc) is 2.82. The smallest absolute Gasteiger partial charge is 0.246 e. The second-order valence-electron chi connectivity index (χ2n) is 5.26. The van der Waals surface area contributed by atoms with E-state index in [1.54, 1.807) is 7.05 Å². The van der Waals surface area contributed by atoms with Crippen molar-refractivity contribution in [2.75, 3.05) is 7.05 Å². The lowest BCUT2D eigenvalue weighted by molar-refractivity contribution is 0.328. The van der Waals surface area contributed by atoms with Gasteiger partial charge >= 0.3 is 0 Å². The zero-order valence-electron chi connectivity index (χ0n) is 11.9. The van der Waals surface area contributed by atoms with Crippen molar-refractivity contribution in [1.82, 2.24) is 20.8 Å². The normalized spacial score (nSPS) is 24.3. The van der Waals surface area contributed by atoms with E-state index in [1.807, 2.05) is 6.92 Å². The van der Waals surface area contributed by atoms with Crippen molar-refractivity contribution in [3.8, 4) is 0 Å². The van der Waals surface area contributed by atoms with Crippen LogP contribution < -0.4 is 10.6 Å². The highest BCUT2D eigenvalue weighted by Crippen LogP contribution is 2.23. The lowest BCUT2D eigenvalue weighted by Gasteiger charge is -2.28. The lowest BCUT2D eigenvalue weighted by atomic mass is 9.87. The van der Waals surface area contributed by atoms with Crippen molar-refractivity contribution in [1.29, 1.82) is 0 Å². The Morgan fingerprint density at radius 2 is 2.11 bits per heavy atom. The number of hydrogen-bond acceptors (Lipinski definition) is 4. The van der Waals surface area contributed by atoms with Crippen molar-refractivity contribution in [3.05, 3.63) is 11.7 Å². The van der Waals surface area contributed by atoms with Crippen LogP contribution in [0.3, 0.4) is 0 Å². The quantitative estimate of drug-likeness (QED) is 0.641. The van der Waals surface area contributed by atoms with Crippen LogP contribution in [0.2, 0.25) is 0 Å². The SMILES string of the molecule is CN=C(NCc1nc(C)no1)NC1CCC(C)CC1. The van der Waals surface area contributed by atoms with Gasteiger partial charge in [-0.3, -0.25) is 4.99 Å². The highest BCUT2D eigenvalue weighted by atomic mass is 16.5. The number of aliphatic imine (C=N–C) groups is 1. The molecule has 1 aliphatic carbocycles. The molecule has 106 valence electrons. The first-order chi connectivity index (χ1) is 9.17. The van der Waals surface area contributed by atoms with Crippen LogP contribution in [0.5, 0.6) is 0 Å². The fraction of sp³-hybridized carbons (Fsp3) is 0.769. The molecule has 0 bridgehead atoms. The molecule has 0 aromatic carbocycles. The van der Waals surface area contributed by atoms with Crippen molar-refractivity contribution >= 4 is 5.96 Å². The topological polar surface area (TPSA) is 75.3 Å². The third-order valence-electron chi connectivity index (χ3n) is 3.56. The van der Waals surface area contributed by atoms with Gasteiger partial charge in [-0.1, -0.05) is 12.1 Å². The second kappa shape index (κ2) is 6.54. The minimum atomic E-state index is 0.504. The van der Waals surface area contributed by atoms with Gasteiger partial charge in [-0.05, 0) is 38.5 Å². The van der Waals surface area contributed by atoms with E-state index in [4.69, 9.17) is 4.52 Å². The average molecular weight is 265 g/mol. The molecule has 2 N–H and O–H groups in total. The molecule has 1 aliphatic rings. The summed E-state index contributed by atoms with van der Waals surface area (Å²) in [6, 6.07) is 0.520. The summed E-state index contributed by atoms with van der Waals surface area (Å²) in [7, 11) is 1.78. The zero-order valence-corrected chi connectivity index (χ0v) is 11.9. The van der Waals surface area contributed by atoms with Crippen molar-refractivity contribution in [2.24, 2.45) is 10.9 Å². The van der Waals surface area contributed by atoms with E-state index in [0.29, 0.717) is 24.3 Å². The molecule has 6 nitrogen and oxygen atoms in total. The van der Waals surface area contributed by atoms with Crippen molar-refractivity contribution < 1.29 is 4.52 Å². The largest absolute Gasteiger partial charge is 0.354 e. The van der Waals surface area contributed by atoms with E-state index in [0.717, 1.165) is 11.9 Å². The van der Waals surface area contributed by atoms with E-state index in [-0.39, 0.29) is 0 Å². The molecule has 0 aliphatic heterocycles. The first kappa shape index (κ1) is 13.8. The van der Waals surface area contributed by atoms with Crippen LogP contribution in [-0.2, 0) is 6.54 Å². The minimum Gasteiger partial charge on any atom is -0.354 e. The first-order valence-corrected chi connectivity index (χ1v) is 6.93. The number of hydrogen-bond donors (Lipinski definition) is 2. The molecule has 0 spiro atoms. The minimum absolute atomic E-state index is 0.504. The van der Waals surface area contributed by atoms with Crippen molar-refractivity contribution in [3.63, 3.8) is 0 Å². The van der Waals surface area contributed by atoms with Gasteiger partial charge in [0.1, 0.15) is 0 Å². The van der Waals surface area contributed by atoms with E-state index in [2.05, 4.69) is 32.7 Å². The van der Waals surface area contributed by atoms with Crippen molar-refractivity contribution in [2.45, 2.75) is 52.1 Å². The molecule has 2 rings (SSSR count). The molecule has 6 heteroatoms. The van der Waals surface area contributed by atoms with E-state index in [1.165, 1.54) is 25.7 Å².